The highest BCUT2D eigenvalue weighted by Gasteiger charge is 2.10. The summed E-state index contributed by atoms with van der Waals surface area (Å²) in [6.45, 7) is 0.455. The molecule has 0 unspecified atom stereocenters. The molecule has 3 rings (SSSR count). The quantitative estimate of drug-likeness (QED) is 0.676. The highest BCUT2D eigenvalue weighted by molar-refractivity contribution is 6.18. The second-order valence-corrected chi connectivity index (χ2v) is 6.02. The van der Waals surface area contributed by atoms with Gasteiger partial charge in [0.15, 0.2) is 0 Å². The minimum absolute atomic E-state index is 0.0519. The number of alkyl halides is 1. The summed E-state index contributed by atoms with van der Waals surface area (Å²) in [5, 5.41) is 5.01. The zero-order valence-electron chi connectivity index (χ0n) is 14.0. The summed E-state index contributed by atoms with van der Waals surface area (Å²) in [4.78, 5) is 15.9. The SMILES string of the molecule is COc1cccc(-c2ccc(CNC(=O)CCCl)c3cnccc23)c1. The van der Waals surface area contributed by atoms with Gasteiger partial charge in [0, 0.05) is 36.6 Å². The van der Waals surface area contributed by atoms with E-state index in [-0.39, 0.29) is 5.91 Å². The third kappa shape index (κ3) is 3.91. The number of aromatic nitrogens is 1. The Bertz CT molecular complexity index is 896. The van der Waals surface area contributed by atoms with E-state index in [0.29, 0.717) is 18.8 Å². The molecule has 4 nitrogen and oxygen atoms in total. The summed E-state index contributed by atoms with van der Waals surface area (Å²) in [6.07, 6.45) is 3.93. The third-order valence-electron chi connectivity index (χ3n) is 4.09. The Morgan fingerprint density at radius 3 is 2.88 bits per heavy atom. The number of nitrogens with one attached hydrogen (secondary N) is 1. The lowest BCUT2D eigenvalue weighted by Crippen LogP contribution is -2.22. The molecule has 5 heteroatoms. The molecule has 2 aromatic carbocycles. The number of hydrogen-bond donors (Lipinski definition) is 1. The van der Waals surface area contributed by atoms with Crippen LogP contribution in [-0.2, 0) is 11.3 Å². The van der Waals surface area contributed by atoms with E-state index in [1.807, 2.05) is 36.5 Å². The van der Waals surface area contributed by atoms with Gasteiger partial charge in [-0.05, 0) is 40.3 Å². The smallest absolute Gasteiger partial charge is 0.221 e. The Hall–Kier alpha value is -2.59. The normalized spacial score (nSPS) is 10.6. The number of amides is 1. The van der Waals surface area contributed by atoms with Gasteiger partial charge in [0.2, 0.25) is 5.91 Å². The summed E-state index contributed by atoms with van der Waals surface area (Å²) in [6, 6.07) is 14.1. The Balaban J connectivity index is 1.99. The van der Waals surface area contributed by atoms with E-state index in [2.05, 4.69) is 22.4 Å². The molecule has 0 saturated heterocycles. The van der Waals surface area contributed by atoms with E-state index >= 15 is 0 Å². The van der Waals surface area contributed by atoms with Crippen molar-refractivity contribution in [2.24, 2.45) is 0 Å². The minimum Gasteiger partial charge on any atom is -0.497 e. The highest BCUT2D eigenvalue weighted by Crippen LogP contribution is 2.32. The Morgan fingerprint density at radius 2 is 2.08 bits per heavy atom. The van der Waals surface area contributed by atoms with Crippen LogP contribution in [0.2, 0.25) is 0 Å². The van der Waals surface area contributed by atoms with Crippen LogP contribution < -0.4 is 10.1 Å². The molecule has 3 aromatic rings. The lowest BCUT2D eigenvalue weighted by atomic mass is 9.96. The van der Waals surface area contributed by atoms with Crippen LogP contribution in [0.1, 0.15) is 12.0 Å². The van der Waals surface area contributed by atoms with E-state index in [0.717, 1.165) is 33.2 Å². The monoisotopic (exact) mass is 354 g/mol. The Kier molecular flexibility index (Phi) is 5.51. The molecule has 0 saturated carbocycles. The van der Waals surface area contributed by atoms with E-state index in [4.69, 9.17) is 16.3 Å². The van der Waals surface area contributed by atoms with Gasteiger partial charge >= 0.3 is 0 Å². The van der Waals surface area contributed by atoms with Crippen molar-refractivity contribution >= 4 is 28.3 Å². The van der Waals surface area contributed by atoms with Gasteiger partial charge in [0.1, 0.15) is 5.75 Å². The van der Waals surface area contributed by atoms with E-state index in [9.17, 15) is 4.79 Å². The summed E-state index contributed by atoms with van der Waals surface area (Å²) in [5.74, 6) is 1.09. The van der Waals surface area contributed by atoms with Gasteiger partial charge in [-0.15, -0.1) is 11.6 Å². The zero-order valence-corrected chi connectivity index (χ0v) is 14.7. The van der Waals surface area contributed by atoms with E-state index in [1.54, 1.807) is 13.3 Å². The molecule has 1 heterocycles. The number of benzene rings is 2. The number of ether oxygens (including phenoxy) is 1. The summed E-state index contributed by atoms with van der Waals surface area (Å²) in [5.41, 5.74) is 3.21. The summed E-state index contributed by atoms with van der Waals surface area (Å²) < 4.78 is 5.33. The standard InChI is InChI=1S/C20H19ClN2O2/c1-25-16-4-2-3-14(11-16)17-6-5-15(12-23-20(24)7-9-21)19-13-22-10-8-18(17)19/h2-6,8,10-11,13H,7,9,12H2,1H3,(H,23,24). The predicted octanol–water partition coefficient (Wildman–Crippen LogP) is 4.16. The minimum atomic E-state index is -0.0519. The van der Waals surface area contributed by atoms with Crippen LogP contribution in [0, 0.1) is 0 Å². The lowest BCUT2D eigenvalue weighted by Gasteiger charge is -2.12. The van der Waals surface area contributed by atoms with Gasteiger partial charge in [-0.25, -0.2) is 0 Å². The molecule has 0 fully saturated rings. The first kappa shape index (κ1) is 17.2. The fraction of sp³-hybridized carbons (Fsp3) is 0.200. The van der Waals surface area contributed by atoms with Gasteiger partial charge in [-0.3, -0.25) is 9.78 Å². The molecule has 0 atom stereocenters. The number of methoxy groups -OCH3 is 1. The van der Waals surface area contributed by atoms with Gasteiger partial charge in [-0.1, -0.05) is 24.3 Å². The molecular weight excluding hydrogens is 336 g/mol. The maximum Gasteiger partial charge on any atom is 0.221 e. The van der Waals surface area contributed by atoms with Crippen LogP contribution in [0.4, 0.5) is 0 Å². The van der Waals surface area contributed by atoms with Crippen molar-refractivity contribution in [2.45, 2.75) is 13.0 Å². The van der Waals surface area contributed by atoms with Crippen LogP contribution in [0.15, 0.2) is 54.9 Å². The van der Waals surface area contributed by atoms with Crippen molar-refractivity contribution in [1.29, 1.82) is 0 Å². The first-order valence-electron chi connectivity index (χ1n) is 8.05. The number of halogens is 1. The lowest BCUT2D eigenvalue weighted by molar-refractivity contribution is -0.120. The van der Waals surface area contributed by atoms with Crippen LogP contribution in [0.3, 0.4) is 0 Å². The van der Waals surface area contributed by atoms with Crippen molar-refractivity contribution in [2.75, 3.05) is 13.0 Å². The number of hydrogen-bond acceptors (Lipinski definition) is 3. The number of nitrogens with zero attached hydrogens (tertiary/aromatic N) is 1. The average Bonchev–Trinajstić information content (AvgIpc) is 2.66. The third-order valence-corrected chi connectivity index (χ3v) is 4.28. The van der Waals surface area contributed by atoms with Crippen LogP contribution in [0.5, 0.6) is 5.75 Å². The molecule has 1 aromatic heterocycles. The van der Waals surface area contributed by atoms with Crippen molar-refractivity contribution < 1.29 is 9.53 Å². The molecule has 1 amide bonds. The van der Waals surface area contributed by atoms with Gasteiger partial charge < -0.3 is 10.1 Å². The molecule has 1 N–H and O–H groups in total. The number of pyridine rings is 1. The van der Waals surface area contributed by atoms with Gasteiger partial charge in [0.25, 0.3) is 0 Å². The van der Waals surface area contributed by atoms with Crippen molar-refractivity contribution in [1.82, 2.24) is 10.3 Å². The van der Waals surface area contributed by atoms with Gasteiger partial charge in [-0.2, -0.15) is 0 Å². The molecule has 0 aliphatic heterocycles. The second-order valence-electron chi connectivity index (χ2n) is 5.64. The fourth-order valence-corrected chi connectivity index (χ4v) is 2.98. The largest absolute Gasteiger partial charge is 0.497 e. The summed E-state index contributed by atoms with van der Waals surface area (Å²) >= 11 is 5.61. The summed E-state index contributed by atoms with van der Waals surface area (Å²) in [7, 11) is 1.66. The first-order chi connectivity index (χ1) is 12.2. The molecule has 0 radical (unpaired) electrons. The van der Waals surface area contributed by atoms with Crippen molar-refractivity contribution in [3.63, 3.8) is 0 Å². The molecule has 0 aliphatic rings. The molecule has 0 spiro atoms. The molecular formula is C20H19ClN2O2. The topological polar surface area (TPSA) is 51.2 Å². The Morgan fingerprint density at radius 1 is 1.20 bits per heavy atom. The number of rotatable bonds is 6. The predicted molar refractivity (Wildman–Crippen MR) is 101 cm³/mol. The maximum absolute atomic E-state index is 11.7. The average molecular weight is 355 g/mol. The molecule has 128 valence electrons. The van der Waals surface area contributed by atoms with Gasteiger partial charge in [0.05, 0.1) is 7.11 Å². The first-order valence-corrected chi connectivity index (χ1v) is 8.59. The number of fused-ring (bicyclic) bond motifs is 1. The number of carbonyl (C=O) groups is 1. The Labute approximate surface area is 151 Å². The van der Waals surface area contributed by atoms with E-state index < -0.39 is 0 Å². The van der Waals surface area contributed by atoms with Crippen LogP contribution >= 0.6 is 11.6 Å². The highest BCUT2D eigenvalue weighted by atomic mass is 35.5. The van der Waals surface area contributed by atoms with Crippen LogP contribution in [0.25, 0.3) is 21.9 Å². The molecule has 0 aliphatic carbocycles. The van der Waals surface area contributed by atoms with Crippen molar-refractivity contribution in [3.8, 4) is 16.9 Å². The maximum atomic E-state index is 11.7. The molecule has 0 bridgehead atoms. The fourth-order valence-electron chi connectivity index (χ4n) is 2.81. The van der Waals surface area contributed by atoms with Crippen molar-refractivity contribution in [3.05, 3.63) is 60.4 Å². The zero-order chi connectivity index (χ0) is 17.6. The second kappa shape index (κ2) is 7.99. The molecule has 25 heavy (non-hydrogen) atoms. The van der Waals surface area contributed by atoms with E-state index in [1.165, 1.54) is 0 Å². The number of carbonyl (C=O) groups excluding carboxylic acids is 1. The van der Waals surface area contributed by atoms with Crippen LogP contribution in [-0.4, -0.2) is 23.9 Å².